The molecular formula is C51H66INO14. The molecule has 0 bridgehead atoms. The number of hydrogen-bond donors (Lipinski definition) is 3. The number of hydrogen-bond acceptors (Lipinski definition) is 14. The molecule has 1 amide bonds. The summed E-state index contributed by atoms with van der Waals surface area (Å²) < 4.78 is 43.4. The second-order valence-corrected chi connectivity index (χ2v) is 22.9. The zero-order valence-corrected chi connectivity index (χ0v) is 42.5. The standard InChI is InChI=1S/C51H66INO14/c1-12-49(52,13-2)26-35(61-11)64-37(36(30-20-16-14-17-21-30)53-44(59)67-45(5,6)7)42(57)63-32-25-46(8)40(65-41(56)31-22-18-15-19-23-31)39-47(9,43(58)51(60)38(28(32)3)48(46,51)10)33(55)24-34-50(39,27-62-34)66-29(4)54/h14-23,32-37,39-40,55,60H,12-13,24-27H2,1-11H3,(H,53,59)/t32?,33-,34+,35?,36?,37+,39?,40-,46-,47+,48?,50-,51-/m0/s1. The van der Waals surface area contributed by atoms with Crippen LogP contribution >= 0.6 is 22.6 Å². The molecule has 3 saturated carbocycles. The van der Waals surface area contributed by atoms with Gasteiger partial charge in [0.05, 0.1) is 35.6 Å². The van der Waals surface area contributed by atoms with Gasteiger partial charge in [0.1, 0.15) is 23.9 Å². The number of aliphatic hydroxyl groups excluding tert-OH is 1. The zero-order valence-electron chi connectivity index (χ0n) is 40.3. The van der Waals surface area contributed by atoms with Crippen LogP contribution in [0.15, 0.2) is 71.8 Å². The Balaban J connectivity index is 1.37. The van der Waals surface area contributed by atoms with Crippen molar-refractivity contribution in [3.8, 4) is 0 Å². The van der Waals surface area contributed by atoms with Crippen LogP contribution in [0.2, 0.25) is 0 Å². The van der Waals surface area contributed by atoms with E-state index in [1.807, 2.05) is 0 Å². The molecule has 15 nitrogen and oxygen atoms in total. The minimum absolute atomic E-state index is 0.0912. The average molecular weight is 1040 g/mol. The van der Waals surface area contributed by atoms with Crippen molar-refractivity contribution in [3.05, 3.63) is 82.9 Å². The minimum Gasteiger partial charge on any atom is -0.458 e. The summed E-state index contributed by atoms with van der Waals surface area (Å²) in [6.45, 7) is 17.1. The molecule has 4 aliphatic carbocycles. The lowest BCUT2D eigenvalue weighted by Gasteiger charge is -2.64. The molecule has 5 aliphatic rings. The number of methoxy groups -OCH3 is 1. The summed E-state index contributed by atoms with van der Waals surface area (Å²) in [5, 5.41) is 28.1. The molecule has 1 saturated heterocycles. The number of aliphatic hydroxyl groups is 2. The van der Waals surface area contributed by atoms with Crippen molar-refractivity contribution >= 4 is 52.4 Å². The number of nitrogens with one attached hydrogen (secondary N) is 1. The van der Waals surface area contributed by atoms with E-state index in [9.17, 15) is 24.6 Å². The van der Waals surface area contributed by atoms with Crippen LogP contribution in [0.5, 0.6) is 0 Å². The number of esters is 3. The first-order chi connectivity index (χ1) is 31.3. The van der Waals surface area contributed by atoms with E-state index in [1.165, 1.54) is 14.0 Å². The van der Waals surface area contributed by atoms with Crippen LogP contribution < -0.4 is 5.32 Å². The molecule has 16 heteroatoms. The maximum absolute atomic E-state index is 15.6. The summed E-state index contributed by atoms with van der Waals surface area (Å²) in [6.07, 6.45) is -6.43. The van der Waals surface area contributed by atoms with Crippen LogP contribution in [-0.2, 0) is 47.5 Å². The number of ketones is 1. The highest BCUT2D eigenvalue weighted by atomic mass is 127. The number of Topliss-reactive ketones (excluding diaryl/α,β-unsaturated/α-hetero) is 1. The second kappa shape index (κ2) is 18.1. The van der Waals surface area contributed by atoms with Gasteiger partial charge in [-0.15, -0.1) is 0 Å². The quantitative estimate of drug-likeness (QED) is 0.0401. The van der Waals surface area contributed by atoms with Gasteiger partial charge in [-0.1, -0.05) is 98.8 Å². The third-order valence-corrected chi connectivity index (χ3v) is 17.8. The van der Waals surface area contributed by atoms with E-state index >= 15 is 9.59 Å². The lowest BCUT2D eigenvalue weighted by molar-refractivity contribution is -0.335. The normalized spacial score (nSPS) is 34.4. The van der Waals surface area contributed by atoms with E-state index in [0.29, 0.717) is 17.6 Å². The SMILES string of the molecule is CCC(I)(CC)CC(OC)O[C@@H](C(=O)OC1C[C@@]2(C)[C@@H](OC(=O)c3ccccc3)C3[C@](C)(C(=O)[C@@]4(O)C(=C1C)C42C)[C@@H](O)C[C@H]1OC[C@@]31OC(C)=O)C(NC(=O)OC(C)(C)C)c1ccccc1. The lowest BCUT2D eigenvalue weighted by Crippen LogP contribution is -2.78. The van der Waals surface area contributed by atoms with Crippen molar-refractivity contribution in [1.29, 1.82) is 0 Å². The van der Waals surface area contributed by atoms with E-state index in [2.05, 4.69) is 41.8 Å². The fraction of sp³-hybridized carbons (Fsp3) is 0.627. The van der Waals surface area contributed by atoms with Crippen molar-refractivity contribution < 1.29 is 67.3 Å². The topological polar surface area (TPSA) is 202 Å². The highest BCUT2D eigenvalue weighted by molar-refractivity contribution is 14.1. The molecule has 0 spiro atoms. The Hall–Kier alpha value is -3.94. The van der Waals surface area contributed by atoms with Crippen molar-refractivity contribution in [2.45, 2.75) is 164 Å². The van der Waals surface area contributed by atoms with Gasteiger partial charge in [-0.05, 0) is 82.7 Å². The molecule has 3 N–H and O–H groups in total. The van der Waals surface area contributed by atoms with Crippen LogP contribution in [0, 0.1) is 22.2 Å². The molecule has 7 rings (SSSR count). The van der Waals surface area contributed by atoms with Gasteiger partial charge in [-0.2, -0.15) is 0 Å². The van der Waals surface area contributed by atoms with Crippen LogP contribution in [0.3, 0.4) is 0 Å². The number of amides is 1. The maximum Gasteiger partial charge on any atom is 0.408 e. The Morgan fingerprint density at radius 1 is 0.970 bits per heavy atom. The number of halogens is 1. The molecule has 0 radical (unpaired) electrons. The number of ether oxygens (including phenoxy) is 7. The Morgan fingerprint density at radius 2 is 1.58 bits per heavy atom. The number of benzene rings is 2. The summed E-state index contributed by atoms with van der Waals surface area (Å²) in [7, 11) is 1.48. The fourth-order valence-corrected chi connectivity index (χ4v) is 12.2. The molecule has 1 aliphatic heterocycles. The van der Waals surface area contributed by atoms with Crippen molar-refractivity contribution in [2.75, 3.05) is 13.7 Å². The van der Waals surface area contributed by atoms with E-state index in [1.54, 1.807) is 109 Å². The van der Waals surface area contributed by atoms with Crippen molar-refractivity contribution in [1.82, 2.24) is 5.32 Å². The van der Waals surface area contributed by atoms with Crippen LogP contribution in [0.1, 0.15) is 123 Å². The number of carbonyl (C=O) groups excluding carboxylic acids is 5. The van der Waals surface area contributed by atoms with E-state index < -0.39 is 112 Å². The molecule has 4 fully saturated rings. The van der Waals surface area contributed by atoms with Crippen molar-refractivity contribution in [3.63, 3.8) is 0 Å². The summed E-state index contributed by atoms with van der Waals surface area (Å²) >= 11 is 2.38. The molecule has 1 heterocycles. The Kier molecular flexibility index (Phi) is 13.8. The molecule has 2 aromatic carbocycles. The lowest BCUT2D eigenvalue weighted by atomic mass is 9.49. The largest absolute Gasteiger partial charge is 0.458 e. The first-order valence-corrected chi connectivity index (χ1v) is 24.3. The predicted molar refractivity (Wildman–Crippen MR) is 252 cm³/mol. The second-order valence-electron chi connectivity index (χ2n) is 20.6. The smallest absolute Gasteiger partial charge is 0.408 e. The predicted octanol–water partition coefficient (Wildman–Crippen LogP) is 7.28. The van der Waals surface area contributed by atoms with E-state index in [0.717, 1.165) is 12.8 Å². The summed E-state index contributed by atoms with van der Waals surface area (Å²) in [5.74, 6) is -4.30. The monoisotopic (exact) mass is 1040 g/mol. The van der Waals surface area contributed by atoms with Gasteiger partial charge in [-0.3, -0.25) is 9.59 Å². The Labute approximate surface area is 406 Å². The zero-order chi connectivity index (χ0) is 49.3. The van der Waals surface area contributed by atoms with Gasteiger partial charge >= 0.3 is 24.0 Å². The van der Waals surface area contributed by atoms with E-state index in [-0.39, 0.29) is 34.0 Å². The number of fused-ring (bicyclic) bond motifs is 4. The van der Waals surface area contributed by atoms with Gasteiger partial charge in [-0.25, -0.2) is 14.4 Å². The molecular weight excluding hydrogens is 977 g/mol. The van der Waals surface area contributed by atoms with Gasteiger partial charge < -0.3 is 48.7 Å². The highest BCUT2D eigenvalue weighted by Gasteiger charge is 2.91. The molecule has 5 unspecified atom stereocenters. The Bertz CT molecular complexity index is 2280. The highest BCUT2D eigenvalue weighted by Crippen LogP contribution is 2.81. The van der Waals surface area contributed by atoms with Crippen LogP contribution in [0.25, 0.3) is 0 Å². The van der Waals surface area contributed by atoms with Gasteiger partial charge in [0.15, 0.2) is 29.4 Å². The van der Waals surface area contributed by atoms with Crippen LogP contribution in [-0.4, -0.2) is 111 Å². The molecule has 0 aromatic heterocycles. The van der Waals surface area contributed by atoms with E-state index in [4.69, 9.17) is 33.2 Å². The third kappa shape index (κ3) is 8.32. The molecule has 67 heavy (non-hydrogen) atoms. The molecule has 13 atom stereocenters. The Morgan fingerprint density at radius 3 is 2.12 bits per heavy atom. The first kappa shape index (κ1) is 50.9. The fourth-order valence-electron chi connectivity index (χ4n) is 11.9. The van der Waals surface area contributed by atoms with Crippen molar-refractivity contribution in [2.24, 2.45) is 22.2 Å². The minimum atomic E-state index is -2.24. The summed E-state index contributed by atoms with van der Waals surface area (Å²) in [6, 6.07) is 15.9. The third-order valence-electron chi connectivity index (χ3n) is 15.8. The first-order valence-electron chi connectivity index (χ1n) is 23.2. The maximum atomic E-state index is 15.6. The molecule has 366 valence electrons. The average Bonchev–Trinajstić information content (AvgIpc) is 3.82. The van der Waals surface area contributed by atoms with Crippen LogP contribution in [0.4, 0.5) is 4.79 Å². The van der Waals surface area contributed by atoms with Gasteiger partial charge in [0.2, 0.25) is 0 Å². The summed E-state index contributed by atoms with van der Waals surface area (Å²) in [4.78, 5) is 72.0. The number of alkyl carbamates (subject to hydrolysis) is 1. The summed E-state index contributed by atoms with van der Waals surface area (Å²) in [5.41, 5.74) is -8.06. The van der Waals surface area contributed by atoms with Gasteiger partial charge in [0, 0.05) is 41.1 Å². The molecule has 2 aromatic rings. The van der Waals surface area contributed by atoms with Gasteiger partial charge in [0.25, 0.3) is 0 Å². The number of alkyl halides is 1. The number of rotatable bonds is 15. The number of carbonyl (C=O) groups is 5.